The monoisotopic (exact) mass is 1560 g/mol. The summed E-state index contributed by atoms with van der Waals surface area (Å²) in [4.78, 5) is 131. The number of rotatable bonds is 18. The number of carbonyl (C=O) groups excluding carboxylic acids is 11. The number of carbonyl (C=O) groups is 11. The second-order valence-corrected chi connectivity index (χ2v) is 28.6. The molecule has 5 aromatic carbocycles. The number of hydroxylamine groups is 2. The molecule has 0 radical (unpaired) electrons. The lowest BCUT2D eigenvalue weighted by Gasteiger charge is -2.36. The molecule has 30 nitrogen and oxygen atoms in total. The zero-order chi connectivity index (χ0) is 79.3. The maximum atomic E-state index is 12.9. The number of imide groups is 1. The second kappa shape index (κ2) is 47.1. The number of benzene rings is 5. The predicted molar refractivity (Wildman–Crippen MR) is 427 cm³/mol. The third kappa shape index (κ3) is 34.6. The van der Waals surface area contributed by atoms with Crippen molar-refractivity contribution in [1.82, 2.24) is 52.5 Å². The lowest BCUT2D eigenvalue weighted by atomic mass is 9.77. The summed E-state index contributed by atoms with van der Waals surface area (Å²) >= 11 is 0. The van der Waals surface area contributed by atoms with Gasteiger partial charge in [-0.25, -0.2) is 28.8 Å². The van der Waals surface area contributed by atoms with E-state index in [1.54, 1.807) is 101 Å². The predicted octanol–water partition coefficient (Wildman–Crippen LogP) is 11.7. The molecule has 0 saturated carbocycles. The third-order valence-corrected chi connectivity index (χ3v) is 14.2. The molecule has 30 heteroatoms. The molecular formula is C81H124N10O20. The first-order chi connectivity index (χ1) is 49.6. The molecule has 1 spiro atoms. The van der Waals surface area contributed by atoms with Gasteiger partial charge in [0.2, 0.25) is 17.7 Å². The molecule has 1 aliphatic carbocycles. The van der Waals surface area contributed by atoms with Gasteiger partial charge in [0.25, 0.3) is 11.8 Å². The topological polar surface area (TPSA) is 396 Å². The standard InChI is InChI=1S/C25H31N3O5.C20H12O5.2C10H21N3O3.C6H7NO4.C5H12.5CH4/c1-25(2,3)33-23(30)27-13-14-28(15-22(29)26-4)24(31)32-16-21-19-11-7-5-9-17(19)18-10-6-8-12-20(18)21;21-11-5-7-15-17(9-11)24-18-10-12(22)6-8-16(18)20(15)14-4-2-1-3-13(14)19(23)25-20;2*1-10(2,3)16-9(15)13-6-5-12-7-8(14)11-4;1-4(8)11-7-5(9)2-3-6(7)10;1-5(2,3)4;;;;;/h5-12,21H,13-16H2,1-4H3,(H,26,29)(H,27,30);1-10,21-22H;2*12H,5-7H2,1-4H3,(H,11,14)(H,13,15);2-3H2,1H3;1-4H3;5*1H4. The van der Waals surface area contributed by atoms with Crippen molar-refractivity contribution in [3.63, 3.8) is 0 Å². The molecule has 111 heavy (non-hydrogen) atoms. The van der Waals surface area contributed by atoms with Crippen molar-refractivity contribution >= 4 is 65.8 Å². The summed E-state index contributed by atoms with van der Waals surface area (Å²) in [5.74, 6) is -1.74. The average Bonchev–Trinajstić information content (AvgIpc) is 1.61. The van der Waals surface area contributed by atoms with Gasteiger partial charge in [-0.15, -0.1) is 5.06 Å². The van der Waals surface area contributed by atoms with Gasteiger partial charge in [0, 0.05) is 115 Å². The highest BCUT2D eigenvalue weighted by molar-refractivity contribution is 6.01. The van der Waals surface area contributed by atoms with Crippen LogP contribution in [0.4, 0.5) is 19.2 Å². The number of aromatic hydroxyl groups is 2. The van der Waals surface area contributed by atoms with Crippen molar-refractivity contribution in [3.8, 4) is 34.1 Å². The maximum absolute atomic E-state index is 12.9. The van der Waals surface area contributed by atoms with E-state index in [0.717, 1.165) is 29.2 Å². The quantitative estimate of drug-likeness (QED) is 0.0169. The Morgan fingerprint density at radius 3 is 1.28 bits per heavy atom. The summed E-state index contributed by atoms with van der Waals surface area (Å²) in [5.41, 5.74) is 4.67. The van der Waals surface area contributed by atoms with Crippen LogP contribution in [0.1, 0.15) is 191 Å². The van der Waals surface area contributed by atoms with E-state index in [4.69, 9.17) is 28.4 Å². The Labute approximate surface area is 655 Å². The van der Waals surface area contributed by atoms with Crippen LogP contribution in [0.25, 0.3) is 11.1 Å². The van der Waals surface area contributed by atoms with Crippen LogP contribution in [-0.4, -0.2) is 189 Å². The molecular weight excluding hydrogens is 1430 g/mol. The highest BCUT2D eigenvalue weighted by atomic mass is 16.7. The van der Waals surface area contributed by atoms with E-state index >= 15 is 0 Å². The fraction of sp³-hybridized carbons (Fsp3) is 0.494. The van der Waals surface area contributed by atoms with Gasteiger partial charge in [0.15, 0.2) is 5.60 Å². The summed E-state index contributed by atoms with van der Waals surface area (Å²) in [5, 5.41) is 41.1. The molecule has 0 bridgehead atoms. The van der Waals surface area contributed by atoms with Gasteiger partial charge in [-0.1, -0.05) is 132 Å². The number of hydrogen-bond acceptors (Lipinski definition) is 22. The average molecular weight is 1560 g/mol. The van der Waals surface area contributed by atoms with Crippen LogP contribution in [0.5, 0.6) is 23.0 Å². The van der Waals surface area contributed by atoms with Gasteiger partial charge < -0.3 is 86.0 Å². The van der Waals surface area contributed by atoms with E-state index in [9.17, 15) is 63.0 Å². The molecule has 3 heterocycles. The molecule has 618 valence electrons. The number of phenols is 2. The number of nitrogens with one attached hydrogen (secondary N) is 8. The molecule has 3 aliphatic heterocycles. The van der Waals surface area contributed by atoms with Crippen LogP contribution in [0.2, 0.25) is 0 Å². The molecule has 1 saturated heterocycles. The van der Waals surface area contributed by atoms with Crippen molar-refractivity contribution in [2.75, 3.05) is 86.7 Å². The largest absolute Gasteiger partial charge is 0.508 e. The molecule has 9 amide bonds. The lowest BCUT2D eigenvalue weighted by molar-refractivity contribution is -0.195. The van der Waals surface area contributed by atoms with E-state index in [2.05, 4.69) is 87.2 Å². The Bertz CT molecular complexity index is 3710. The van der Waals surface area contributed by atoms with Crippen LogP contribution < -0.4 is 47.3 Å². The minimum Gasteiger partial charge on any atom is -0.508 e. The number of likely N-dealkylation sites (N-methyl/N-ethyl adjacent to an activating group) is 3. The zero-order valence-electron chi connectivity index (χ0n) is 63.6. The number of alkyl carbamates (subject to hydrolysis) is 3. The van der Waals surface area contributed by atoms with E-state index < -0.39 is 70.5 Å². The Hall–Kier alpha value is -11.0. The molecule has 9 rings (SSSR count). The number of nitrogens with zero attached hydrogens (tertiary/aromatic N) is 2. The van der Waals surface area contributed by atoms with Crippen LogP contribution >= 0.6 is 0 Å². The normalized spacial score (nSPS) is 12.6. The first-order valence-corrected chi connectivity index (χ1v) is 34.4. The van der Waals surface area contributed by atoms with Crippen molar-refractivity contribution in [2.24, 2.45) is 5.41 Å². The minimum atomic E-state index is -1.17. The number of ether oxygens (including phenoxy) is 6. The second-order valence-electron chi connectivity index (χ2n) is 28.6. The van der Waals surface area contributed by atoms with Gasteiger partial charge >= 0.3 is 36.3 Å². The van der Waals surface area contributed by atoms with Gasteiger partial charge in [0.05, 0.1) is 18.7 Å². The fourth-order valence-electron chi connectivity index (χ4n) is 9.93. The Kier molecular flexibility index (Phi) is 43.3. The van der Waals surface area contributed by atoms with Gasteiger partial charge in [0.1, 0.15) is 53.0 Å². The highest BCUT2D eigenvalue weighted by Crippen LogP contribution is 2.57. The summed E-state index contributed by atoms with van der Waals surface area (Å²) < 4.78 is 32.7. The fourth-order valence-corrected chi connectivity index (χ4v) is 9.93. The van der Waals surface area contributed by atoms with E-state index in [-0.39, 0.29) is 124 Å². The first kappa shape index (κ1) is 102. The molecule has 4 aliphatic rings. The Morgan fingerprint density at radius 1 is 0.514 bits per heavy atom. The molecule has 1 fully saturated rings. The van der Waals surface area contributed by atoms with Crippen molar-refractivity contribution in [2.45, 2.75) is 175 Å². The van der Waals surface area contributed by atoms with Gasteiger partial charge in [-0.2, -0.15) is 0 Å². The van der Waals surface area contributed by atoms with Crippen LogP contribution in [0.3, 0.4) is 0 Å². The summed E-state index contributed by atoms with van der Waals surface area (Å²) in [6.45, 7) is 28.6. The number of amides is 9. The lowest BCUT2D eigenvalue weighted by Crippen LogP contribution is -2.44. The number of esters is 1. The van der Waals surface area contributed by atoms with Gasteiger partial charge in [-0.05, 0) is 120 Å². The Morgan fingerprint density at radius 2 is 0.892 bits per heavy atom. The van der Waals surface area contributed by atoms with E-state index in [0.29, 0.717) is 70.4 Å². The summed E-state index contributed by atoms with van der Waals surface area (Å²) in [7, 11) is 4.64. The van der Waals surface area contributed by atoms with Crippen molar-refractivity contribution < 1.29 is 96.2 Å². The van der Waals surface area contributed by atoms with Gasteiger partial charge in [-0.3, -0.25) is 28.9 Å². The molecule has 5 aromatic rings. The van der Waals surface area contributed by atoms with Crippen LogP contribution in [-0.2, 0) is 62.9 Å². The number of phenolic OH excluding ortho intramolecular Hbond substituents is 2. The summed E-state index contributed by atoms with van der Waals surface area (Å²) in [6, 6.07) is 32.7. The molecule has 0 atom stereocenters. The molecule has 0 aromatic heterocycles. The summed E-state index contributed by atoms with van der Waals surface area (Å²) in [6.07, 6.45) is -1.84. The third-order valence-electron chi connectivity index (χ3n) is 14.2. The SMILES string of the molecule is C.C.C.C.C.CC(=O)ON1C(=O)CCC1=O.CC(C)(C)C.CNC(=O)CN(CCNC(=O)OC(C)(C)C)C(=O)OCC1c2ccccc2-c2ccccc21.CNC(=O)CNCCNC(=O)OC(C)(C)C.CNC(=O)CNCCNC(=O)OC(C)(C)C.O=C1OC2(c3ccc(O)cc3Oc3cc(O)ccc32)c2ccccc21. The van der Waals surface area contributed by atoms with E-state index in [1.165, 1.54) is 36.2 Å². The molecule has 10 N–H and O–H groups in total. The first-order valence-electron chi connectivity index (χ1n) is 34.4. The zero-order valence-corrected chi connectivity index (χ0v) is 63.6. The smallest absolute Gasteiger partial charge is 0.410 e. The van der Waals surface area contributed by atoms with E-state index in [1.807, 2.05) is 48.5 Å². The number of fused-ring (bicyclic) bond motifs is 9. The highest BCUT2D eigenvalue weighted by Gasteiger charge is 2.53. The van der Waals surface area contributed by atoms with Crippen molar-refractivity contribution in [3.05, 3.63) is 143 Å². The maximum Gasteiger partial charge on any atom is 0.410 e. The van der Waals surface area contributed by atoms with Crippen LogP contribution in [0, 0.1) is 5.41 Å². The minimum absolute atomic E-state index is 0. The molecule has 0 unspecified atom stereocenters. The Balaban J connectivity index is 0. The van der Waals surface area contributed by atoms with Crippen molar-refractivity contribution in [1.29, 1.82) is 0 Å². The van der Waals surface area contributed by atoms with Crippen LogP contribution in [0.15, 0.2) is 109 Å². The number of hydrogen-bond donors (Lipinski definition) is 10.